The lowest BCUT2D eigenvalue weighted by atomic mass is 9.90. The van der Waals surface area contributed by atoms with Gasteiger partial charge in [0.1, 0.15) is 10.8 Å². The van der Waals surface area contributed by atoms with Crippen LogP contribution in [0.1, 0.15) is 19.0 Å². The van der Waals surface area contributed by atoms with E-state index in [1.54, 1.807) is 18.4 Å². The third-order valence-corrected chi connectivity index (χ3v) is 5.30. The Hall–Kier alpha value is -1.92. The highest BCUT2D eigenvalue weighted by Gasteiger charge is 2.29. The van der Waals surface area contributed by atoms with Crippen LogP contribution in [0.15, 0.2) is 29.6 Å². The van der Waals surface area contributed by atoms with Crippen molar-refractivity contribution >= 4 is 17.3 Å². The molecule has 1 aliphatic heterocycles. The molecule has 1 aromatic carbocycles. The second-order valence-corrected chi connectivity index (χ2v) is 7.30. The third-order valence-electron chi connectivity index (χ3n) is 4.36. The molecular formula is C18H22N2O3S. The van der Waals surface area contributed by atoms with Gasteiger partial charge in [-0.2, -0.15) is 0 Å². The minimum atomic E-state index is -0.691. The first-order chi connectivity index (χ1) is 11.5. The van der Waals surface area contributed by atoms with Crippen molar-refractivity contribution in [1.29, 1.82) is 0 Å². The molecule has 2 atom stereocenters. The second kappa shape index (κ2) is 7.32. The summed E-state index contributed by atoms with van der Waals surface area (Å²) in [6.45, 7) is 4.36. The number of piperidine rings is 1. The summed E-state index contributed by atoms with van der Waals surface area (Å²) in [6, 6.07) is 7.87. The summed E-state index contributed by atoms with van der Waals surface area (Å²) < 4.78 is 5.18. The fourth-order valence-electron chi connectivity index (χ4n) is 3.24. The maximum Gasteiger partial charge on any atom is 0.307 e. The zero-order valence-corrected chi connectivity index (χ0v) is 14.8. The summed E-state index contributed by atoms with van der Waals surface area (Å²) in [5.41, 5.74) is 2.08. The molecule has 0 saturated carbocycles. The predicted octanol–water partition coefficient (Wildman–Crippen LogP) is 3.36. The zero-order chi connectivity index (χ0) is 17.1. The van der Waals surface area contributed by atoms with E-state index in [1.807, 2.05) is 24.3 Å². The number of rotatable bonds is 5. The molecule has 2 heterocycles. The van der Waals surface area contributed by atoms with Gasteiger partial charge < -0.3 is 9.84 Å². The van der Waals surface area contributed by atoms with E-state index in [2.05, 4.69) is 17.2 Å². The molecule has 5 nitrogen and oxygen atoms in total. The lowest BCUT2D eigenvalue weighted by Crippen LogP contribution is -2.42. The number of carbonyl (C=O) groups is 1. The van der Waals surface area contributed by atoms with Crippen LogP contribution in [0.5, 0.6) is 5.75 Å². The van der Waals surface area contributed by atoms with Crippen LogP contribution >= 0.6 is 11.3 Å². The molecule has 1 N–H and O–H groups in total. The van der Waals surface area contributed by atoms with Crippen molar-refractivity contribution < 1.29 is 14.6 Å². The predicted molar refractivity (Wildman–Crippen MR) is 94.3 cm³/mol. The molecule has 1 aromatic heterocycles. The number of thiazole rings is 1. The highest BCUT2D eigenvalue weighted by atomic mass is 32.1. The molecule has 2 aromatic rings. The number of carboxylic acids is 1. The topological polar surface area (TPSA) is 62.7 Å². The number of nitrogens with zero attached hydrogens (tertiary/aromatic N) is 2. The fraction of sp³-hybridized carbons (Fsp3) is 0.444. The van der Waals surface area contributed by atoms with E-state index >= 15 is 0 Å². The summed E-state index contributed by atoms with van der Waals surface area (Å²) in [5.74, 6) is 0.272. The number of methoxy groups -OCH3 is 1. The number of aliphatic carboxylic acids is 1. The summed E-state index contributed by atoms with van der Waals surface area (Å²) in [4.78, 5) is 18.2. The van der Waals surface area contributed by atoms with Gasteiger partial charge in [0, 0.05) is 30.6 Å². The quantitative estimate of drug-likeness (QED) is 0.899. The van der Waals surface area contributed by atoms with Gasteiger partial charge in [0.2, 0.25) is 0 Å². The monoisotopic (exact) mass is 346 g/mol. The van der Waals surface area contributed by atoms with Crippen molar-refractivity contribution in [3.8, 4) is 16.3 Å². The molecule has 3 rings (SSSR count). The van der Waals surface area contributed by atoms with E-state index in [0.717, 1.165) is 35.0 Å². The smallest absolute Gasteiger partial charge is 0.307 e. The molecule has 0 amide bonds. The number of benzene rings is 1. The van der Waals surface area contributed by atoms with E-state index in [4.69, 9.17) is 9.72 Å². The van der Waals surface area contributed by atoms with E-state index in [-0.39, 0.29) is 5.92 Å². The van der Waals surface area contributed by atoms with Crippen LogP contribution < -0.4 is 4.74 Å². The van der Waals surface area contributed by atoms with Crippen LogP contribution in [0.2, 0.25) is 0 Å². The van der Waals surface area contributed by atoms with Crippen molar-refractivity contribution in [2.45, 2.75) is 19.9 Å². The lowest BCUT2D eigenvalue weighted by molar-refractivity contribution is -0.144. The van der Waals surface area contributed by atoms with Gasteiger partial charge in [-0.15, -0.1) is 11.3 Å². The van der Waals surface area contributed by atoms with Gasteiger partial charge in [0.15, 0.2) is 0 Å². The Labute approximate surface area is 145 Å². The van der Waals surface area contributed by atoms with Crippen LogP contribution in [0.25, 0.3) is 10.6 Å². The van der Waals surface area contributed by atoms with Gasteiger partial charge >= 0.3 is 5.97 Å². The maximum atomic E-state index is 11.3. The Bertz CT molecular complexity index is 699. The first-order valence-corrected chi connectivity index (χ1v) is 8.97. The molecule has 1 aliphatic rings. The van der Waals surface area contributed by atoms with Crippen LogP contribution in [0.4, 0.5) is 0 Å². The molecule has 0 spiro atoms. The van der Waals surface area contributed by atoms with Gasteiger partial charge in [-0.25, -0.2) is 4.98 Å². The van der Waals surface area contributed by atoms with E-state index in [1.165, 1.54) is 0 Å². The number of carboxylic acid groups (broad SMARTS) is 1. The summed E-state index contributed by atoms with van der Waals surface area (Å²) in [7, 11) is 1.65. The molecule has 128 valence electrons. The molecule has 1 saturated heterocycles. The summed E-state index contributed by atoms with van der Waals surface area (Å²) in [6.07, 6.45) is 0.764. The Morgan fingerprint density at radius 2 is 2.12 bits per heavy atom. The number of ether oxygens (including phenoxy) is 1. The van der Waals surface area contributed by atoms with Crippen molar-refractivity contribution in [1.82, 2.24) is 9.88 Å². The van der Waals surface area contributed by atoms with Crippen molar-refractivity contribution in [2.24, 2.45) is 11.8 Å². The minimum Gasteiger partial charge on any atom is -0.497 e. The molecule has 0 bridgehead atoms. The Morgan fingerprint density at radius 1 is 1.38 bits per heavy atom. The molecule has 24 heavy (non-hydrogen) atoms. The number of hydrogen-bond acceptors (Lipinski definition) is 5. The van der Waals surface area contributed by atoms with Crippen LogP contribution in [0, 0.1) is 11.8 Å². The van der Waals surface area contributed by atoms with Crippen LogP contribution in [0.3, 0.4) is 0 Å². The maximum absolute atomic E-state index is 11.3. The van der Waals surface area contributed by atoms with Crippen molar-refractivity contribution in [3.63, 3.8) is 0 Å². The average Bonchev–Trinajstić information content (AvgIpc) is 3.03. The summed E-state index contributed by atoms with van der Waals surface area (Å²) in [5, 5.41) is 12.3. The second-order valence-electron chi connectivity index (χ2n) is 6.44. The van der Waals surface area contributed by atoms with Gasteiger partial charge in [-0.05, 0) is 36.6 Å². The molecule has 0 aliphatic carbocycles. The van der Waals surface area contributed by atoms with E-state index in [0.29, 0.717) is 19.0 Å². The molecule has 1 fully saturated rings. The number of likely N-dealkylation sites (tertiary alicyclic amines) is 1. The largest absolute Gasteiger partial charge is 0.497 e. The van der Waals surface area contributed by atoms with E-state index < -0.39 is 5.97 Å². The molecule has 2 unspecified atom stereocenters. The molecule has 0 radical (unpaired) electrons. The number of aromatic nitrogens is 1. The SMILES string of the molecule is COc1ccc(-c2nc(CN3CC(C)CC(C(=O)O)C3)cs2)cc1. The van der Waals surface area contributed by atoms with Gasteiger partial charge in [0.25, 0.3) is 0 Å². The highest BCUT2D eigenvalue weighted by Crippen LogP contribution is 2.28. The van der Waals surface area contributed by atoms with Crippen molar-refractivity contribution in [3.05, 3.63) is 35.3 Å². The Morgan fingerprint density at radius 3 is 2.79 bits per heavy atom. The number of hydrogen-bond donors (Lipinski definition) is 1. The highest BCUT2D eigenvalue weighted by molar-refractivity contribution is 7.13. The van der Waals surface area contributed by atoms with E-state index in [9.17, 15) is 9.90 Å². The molecule has 6 heteroatoms. The van der Waals surface area contributed by atoms with Gasteiger partial charge in [-0.3, -0.25) is 9.69 Å². The standard InChI is InChI=1S/C18H22N2O3S/c1-12-7-14(18(21)22)9-20(8-12)10-15-11-24-17(19-15)13-3-5-16(23-2)6-4-13/h3-6,11-12,14H,7-10H2,1-2H3,(H,21,22). The van der Waals surface area contributed by atoms with Crippen LogP contribution in [-0.4, -0.2) is 41.2 Å². The van der Waals surface area contributed by atoms with Crippen LogP contribution in [-0.2, 0) is 11.3 Å². The van der Waals surface area contributed by atoms with Gasteiger partial charge in [-0.1, -0.05) is 6.92 Å². The molecular weight excluding hydrogens is 324 g/mol. The first-order valence-electron chi connectivity index (χ1n) is 8.09. The third kappa shape index (κ3) is 3.94. The minimum absolute atomic E-state index is 0.270. The van der Waals surface area contributed by atoms with Gasteiger partial charge in [0.05, 0.1) is 18.7 Å². The average molecular weight is 346 g/mol. The fourth-order valence-corrected chi connectivity index (χ4v) is 4.06. The summed E-state index contributed by atoms with van der Waals surface area (Å²) >= 11 is 1.62. The lowest BCUT2D eigenvalue weighted by Gasteiger charge is -2.34. The Kier molecular flexibility index (Phi) is 5.16. The normalized spacial score (nSPS) is 21.6. The Balaban J connectivity index is 1.68. The first kappa shape index (κ1) is 16.9. The van der Waals surface area contributed by atoms with Crippen molar-refractivity contribution in [2.75, 3.05) is 20.2 Å². The zero-order valence-electron chi connectivity index (χ0n) is 13.9.